The second kappa shape index (κ2) is 6.78. The lowest BCUT2D eigenvalue weighted by Gasteiger charge is -2.25. The number of nitrogens with zero attached hydrogens (tertiary/aromatic N) is 1. The van der Waals surface area contributed by atoms with Crippen LogP contribution in [0.15, 0.2) is 18.2 Å². The van der Waals surface area contributed by atoms with Crippen LogP contribution in [0.25, 0.3) is 0 Å². The molecule has 0 spiro atoms. The zero-order valence-electron chi connectivity index (χ0n) is 11.6. The molecule has 6 nitrogen and oxygen atoms in total. The summed E-state index contributed by atoms with van der Waals surface area (Å²) in [4.78, 5) is 24.0. The maximum absolute atomic E-state index is 11.2. The zero-order chi connectivity index (χ0) is 15.4. The summed E-state index contributed by atoms with van der Waals surface area (Å²) in [5, 5.41) is 3.99. The predicted octanol–water partition coefficient (Wildman–Crippen LogP) is 0.369. The monoisotopic (exact) mass is 310 g/mol. The van der Waals surface area contributed by atoms with Crippen molar-refractivity contribution in [1.82, 2.24) is 5.32 Å². The minimum atomic E-state index is -0.521. The topological polar surface area (TPSA) is 101 Å². The number of anilines is 1. The number of halogens is 1. The highest BCUT2D eigenvalue weighted by Crippen LogP contribution is 2.26. The molecular formula is C14H19ClN4O2. The third-order valence-corrected chi connectivity index (χ3v) is 3.47. The summed E-state index contributed by atoms with van der Waals surface area (Å²) in [7, 11) is 0. The van der Waals surface area contributed by atoms with E-state index in [0.717, 1.165) is 11.3 Å². The van der Waals surface area contributed by atoms with Crippen molar-refractivity contribution in [2.75, 3.05) is 18.0 Å². The summed E-state index contributed by atoms with van der Waals surface area (Å²) < 4.78 is 0. The number of carbonyl (C=O) groups is 2. The molecule has 0 heterocycles. The molecule has 0 aromatic heterocycles. The number of hydrogen-bond acceptors (Lipinski definition) is 4. The third-order valence-electron chi connectivity index (χ3n) is 3.23. The summed E-state index contributed by atoms with van der Waals surface area (Å²) in [5.41, 5.74) is 12.1. The van der Waals surface area contributed by atoms with Gasteiger partial charge < -0.3 is 21.7 Å². The van der Waals surface area contributed by atoms with E-state index in [0.29, 0.717) is 17.6 Å². The maximum Gasteiger partial charge on any atom is 0.236 e. The Morgan fingerprint density at radius 1 is 1.24 bits per heavy atom. The van der Waals surface area contributed by atoms with Gasteiger partial charge in [0.1, 0.15) is 0 Å². The van der Waals surface area contributed by atoms with Crippen LogP contribution < -0.4 is 21.7 Å². The van der Waals surface area contributed by atoms with Gasteiger partial charge in [-0.2, -0.15) is 0 Å². The average molecular weight is 311 g/mol. The van der Waals surface area contributed by atoms with E-state index in [1.807, 2.05) is 6.07 Å². The van der Waals surface area contributed by atoms with E-state index in [2.05, 4.69) is 5.32 Å². The van der Waals surface area contributed by atoms with Crippen LogP contribution in [0.2, 0.25) is 5.02 Å². The van der Waals surface area contributed by atoms with Gasteiger partial charge in [0, 0.05) is 23.3 Å². The van der Waals surface area contributed by atoms with Crippen molar-refractivity contribution in [2.45, 2.75) is 25.4 Å². The van der Waals surface area contributed by atoms with E-state index in [1.165, 1.54) is 12.8 Å². The van der Waals surface area contributed by atoms with Crippen LogP contribution >= 0.6 is 11.6 Å². The highest BCUT2D eigenvalue weighted by atomic mass is 35.5. The molecule has 114 valence electrons. The van der Waals surface area contributed by atoms with Gasteiger partial charge in [-0.15, -0.1) is 0 Å². The van der Waals surface area contributed by atoms with Gasteiger partial charge in [0.25, 0.3) is 0 Å². The lowest BCUT2D eigenvalue weighted by molar-refractivity contribution is -0.117. The lowest BCUT2D eigenvalue weighted by atomic mass is 10.1. The summed E-state index contributed by atoms with van der Waals surface area (Å²) in [6.45, 7) is 0.483. The summed E-state index contributed by atoms with van der Waals surface area (Å²) in [6.07, 6.45) is 2.34. The number of nitrogens with two attached hydrogens (primary N) is 2. The molecule has 1 aliphatic rings. The van der Waals surface area contributed by atoms with Crippen molar-refractivity contribution in [3.8, 4) is 0 Å². The molecule has 1 aromatic carbocycles. The molecular weight excluding hydrogens is 292 g/mol. The van der Waals surface area contributed by atoms with Gasteiger partial charge in [-0.3, -0.25) is 9.59 Å². The first-order chi connectivity index (χ1) is 9.95. The van der Waals surface area contributed by atoms with Crippen molar-refractivity contribution >= 4 is 29.1 Å². The third kappa shape index (κ3) is 4.91. The first kappa shape index (κ1) is 15.6. The molecule has 0 atom stereocenters. The van der Waals surface area contributed by atoms with Crippen molar-refractivity contribution in [1.29, 1.82) is 0 Å². The molecule has 5 N–H and O–H groups in total. The molecule has 0 unspecified atom stereocenters. The number of benzene rings is 1. The van der Waals surface area contributed by atoms with Crippen LogP contribution in [-0.2, 0) is 16.1 Å². The molecule has 0 bridgehead atoms. The second-order valence-corrected chi connectivity index (χ2v) is 5.65. The number of hydrogen-bond donors (Lipinski definition) is 3. The smallest absolute Gasteiger partial charge is 0.236 e. The van der Waals surface area contributed by atoms with E-state index < -0.39 is 11.8 Å². The van der Waals surface area contributed by atoms with Gasteiger partial charge in [0.15, 0.2) is 0 Å². The van der Waals surface area contributed by atoms with Crippen LogP contribution in [-0.4, -0.2) is 30.9 Å². The van der Waals surface area contributed by atoms with E-state index in [1.54, 1.807) is 17.0 Å². The SMILES string of the molecule is NC(=O)CN(CC(N)=O)c1ccc(Cl)cc1CNC1CC1. The first-order valence-electron chi connectivity index (χ1n) is 6.79. The Kier molecular flexibility index (Phi) is 5.03. The Morgan fingerprint density at radius 3 is 2.38 bits per heavy atom. The van der Waals surface area contributed by atoms with Crippen LogP contribution in [0.3, 0.4) is 0 Å². The van der Waals surface area contributed by atoms with Crippen molar-refractivity contribution in [2.24, 2.45) is 11.5 Å². The van der Waals surface area contributed by atoms with Crippen molar-refractivity contribution in [3.63, 3.8) is 0 Å². The molecule has 2 rings (SSSR count). The summed E-state index contributed by atoms with van der Waals surface area (Å²) >= 11 is 6.03. The number of rotatable bonds is 8. The van der Waals surface area contributed by atoms with Crippen LogP contribution in [0.5, 0.6) is 0 Å². The minimum Gasteiger partial charge on any atom is -0.368 e. The predicted molar refractivity (Wildman–Crippen MR) is 81.9 cm³/mol. The van der Waals surface area contributed by atoms with Gasteiger partial charge in [-0.1, -0.05) is 11.6 Å². The molecule has 0 aliphatic heterocycles. The Bertz CT molecular complexity index is 530. The average Bonchev–Trinajstić information content (AvgIpc) is 3.18. The molecule has 0 radical (unpaired) electrons. The number of amides is 2. The molecule has 21 heavy (non-hydrogen) atoms. The standard InChI is InChI=1S/C14H19ClN4O2/c15-10-1-4-12(9(5-10)6-18-11-2-3-11)19(7-13(16)20)8-14(17)21/h1,4-5,11,18H,2-3,6-8H2,(H2,16,20)(H2,17,21). The molecule has 0 saturated heterocycles. The fraction of sp³-hybridized carbons (Fsp3) is 0.429. The number of carbonyl (C=O) groups excluding carboxylic acids is 2. The number of nitrogens with one attached hydrogen (secondary N) is 1. The molecule has 1 aliphatic carbocycles. The van der Waals surface area contributed by atoms with E-state index in [-0.39, 0.29) is 13.1 Å². The molecule has 7 heteroatoms. The van der Waals surface area contributed by atoms with Gasteiger partial charge >= 0.3 is 0 Å². The van der Waals surface area contributed by atoms with Gasteiger partial charge in [0.2, 0.25) is 11.8 Å². The Balaban J connectivity index is 2.22. The zero-order valence-corrected chi connectivity index (χ0v) is 12.4. The highest BCUT2D eigenvalue weighted by molar-refractivity contribution is 6.30. The number of primary amides is 2. The molecule has 1 fully saturated rings. The van der Waals surface area contributed by atoms with Gasteiger partial charge in [0.05, 0.1) is 13.1 Å². The largest absolute Gasteiger partial charge is 0.368 e. The van der Waals surface area contributed by atoms with Crippen molar-refractivity contribution in [3.05, 3.63) is 28.8 Å². The second-order valence-electron chi connectivity index (χ2n) is 5.22. The summed E-state index contributed by atoms with van der Waals surface area (Å²) in [6, 6.07) is 5.85. The Labute approximate surface area is 128 Å². The Hall–Kier alpha value is -1.79. The highest BCUT2D eigenvalue weighted by Gasteiger charge is 2.22. The van der Waals surface area contributed by atoms with E-state index >= 15 is 0 Å². The fourth-order valence-corrected chi connectivity index (χ4v) is 2.34. The summed E-state index contributed by atoms with van der Waals surface area (Å²) in [5.74, 6) is -1.04. The first-order valence-corrected chi connectivity index (χ1v) is 7.17. The normalized spacial score (nSPS) is 14.0. The van der Waals surface area contributed by atoms with Crippen molar-refractivity contribution < 1.29 is 9.59 Å². The molecule has 1 aromatic rings. The fourth-order valence-electron chi connectivity index (χ4n) is 2.15. The van der Waals surface area contributed by atoms with Crippen LogP contribution in [0.1, 0.15) is 18.4 Å². The molecule has 1 saturated carbocycles. The van der Waals surface area contributed by atoms with E-state index in [9.17, 15) is 9.59 Å². The lowest BCUT2D eigenvalue weighted by Crippen LogP contribution is -2.40. The van der Waals surface area contributed by atoms with E-state index in [4.69, 9.17) is 23.1 Å². The maximum atomic E-state index is 11.2. The van der Waals surface area contributed by atoms with Gasteiger partial charge in [-0.05, 0) is 36.6 Å². The van der Waals surface area contributed by atoms with Crippen LogP contribution in [0, 0.1) is 0 Å². The Morgan fingerprint density at radius 2 is 1.86 bits per heavy atom. The minimum absolute atomic E-state index is 0.0685. The van der Waals surface area contributed by atoms with Crippen LogP contribution in [0.4, 0.5) is 5.69 Å². The van der Waals surface area contributed by atoms with Gasteiger partial charge in [-0.25, -0.2) is 0 Å². The molecule has 2 amide bonds. The quantitative estimate of drug-likeness (QED) is 0.645.